The minimum atomic E-state index is -3.70. The normalized spacial score (nSPS) is 30.0. The number of hydrogen-bond acceptors (Lipinski definition) is 4. The van der Waals surface area contributed by atoms with Crippen LogP contribution in [0, 0.1) is 11.7 Å². The van der Waals surface area contributed by atoms with Gasteiger partial charge in [-0.05, 0) is 32.3 Å². The van der Waals surface area contributed by atoms with Crippen LogP contribution in [0.2, 0.25) is 0 Å². The first-order chi connectivity index (χ1) is 9.91. The van der Waals surface area contributed by atoms with Gasteiger partial charge in [-0.3, -0.25) is 0 Å². The van der Waals surface area contributed by atoms with Crippen LogP contribution < -0.4 is 0 Å². The molecule has 2 saturated heterocycles. The fourth-order valence-electron chi connectivity index (χ4n) is 3.26. The van der Waals surface area contributed by atoms with E-state index in [1.54, 1.807) is 0 Å². The molecule has 2 aliphatic rings. The molecule has 116 valence electrons. The largest absolute Gasteiger partial charge is 0.379 e. The Hall–Kier alpha value is -1.02. The molecule has 0 aromatic heterocycles. The van der Waals surface area contributed by atoms with Crippen molar-refractivity contribution >= 4 is 10.0 Å². The van der Waals surface area contributed by atoms with E-state index in [1.807, 2.05) is 19.0 Å². The maximum absolute atomic E-state index is 13.3. The van der Waals surface area contributed by atoms with E-state index in [9.17, 15) is 12.8 Å². The molecule has 0 aliphatic carbocycles. The first kappa shape index (κ1) is 14.9. The SMILES string of the molecule is CN(C)[C@@H]1CN(S(=O)(=O)c2cccc(F)c2)[C@H]2COC[C@@H]12. The molecule has 5 nitrogen and oxygen atoms in total. The fourth-order valence-corrected chi connectivity index (χ4v) is 4.97. The zero-order valence-electron chi connectivity index (χ0n) is 12.1. The molecule has 3 rings (SSSR count). The van der Waals surface area contributed by atoms with E-state index >= 15 is 0 Å². The second-order valence-electron chi connectivity index (χ2n) is 5.83. The van der Waals surface area contributed by atoms with Crippen LogP contribution in [0.25, 0.3) is 0 Å². The summed E-state index contributed by atoms with van der Waals surface area (Å²) in [4.78, 5) is 2.04. The van der Waals surface area contributed by atoms with Crippen LogP contribution in [0.3, 0.4) is 0 Å². The summed E-state index contributed by atoms with van der Waals surface area (Å²) < 4.78 is 45.9. The summed E-state index contributed by atoms with van der Waals surface area (Å²) in [5.74, 6) is -0.373. The summed E-state index contributed by atoms with van der Waals surface area (Å²) in [6, 6.07) is 5.14. The molecule has 0 unspecified atom stereocenters. The molecule has 0 saturated carbocycles. The molecule has 0 N–H and O–H groups in total. The quantitative estimate of drug-likeness (QED) is 0.827. The van der Waals surface area contributed by atoms with Gasteiger partial charge in [0.15, 0.2) is 0 Å². The van der Waals surface area contributed by atoms with Crippen molar-refractivity contribution in [1.82, 2.24) is 9.21 Å². The lowest BCUT2D eigenvalue weighted by Crippen LogP contribution is -2.38. The Kier molecular flexibility index (Phi) is 3.77. The van der Waals surface area contributed by atoms with Gasteiger partial charge in [-0.1, -0.05) is 6.07 Å². The zero-order chi connectivity index (χ0) is 15.2. The Balaban J connectivity index is 1.96. The summed E-state index contributed by atoms with van der Waals surface area (Å²) in [6.45, 7) is 1.40. The average molecular weight is 314 g/mol. The number of ether oxygens (including phenoxy) is 1. The number of fused-ring (bicyclic) bond motifs is 1. The van der Waals surface area contributed by atoms with Crippen molar-refractivity contribution in [3.63, 3.8) is 0 Å². The average Bonchev–Trinajstić information content (AvgIpc) is 2.99. The van der Waals surface area contributed by atoms with Crippen molar-refractivity contribution in [1.29, 1.82) is 0 Å². The second-order valence-corrected chi connectivity index (χ2v) is 7.72. The molecule has 3 atom stereocenters. The molecule has 7 heteroatoms. The van der Waals surface area contributed by atoms with Gasteiger partial charge < -0.3 is 9.64 Å². The molecule has 1 aromatic carbocycles. The third-order valence-electron chi connectivity index (χ3n) is 4.39. The summed E-state index contributed by atoms with van der Waals surface area (Å²) in [5, 5.41) is 0. The van der Waals surface area contributed by atoms with Gasteiger partial charge in [0.2, 0.25) is 10.0 Å². The number of rotatable bonds is 3. The fraction of sp³-hybridized carbons (Fsp3) is 0.571. The maximum atomic E-state index is 13.3. The van der Waals surface area contributed by atoms with Gasteiger partial charge in [-0.15, -0.1) is 0 Å². The van der Waals surface area contributed by atoms with Gasteiger partial charge in [-0.2, -0.15) is 4.31 Å². The van der Waals surface area contributed by atoms with Gasteiger partial charge in [0.25, 0.3) is 0 Å². The molecule has 2 heterocycles. The smallest absolute Gasteiger partial charge is 0.243 e. The summed E-state index contributed by atoms with van der Waals surface area (Å²) in [7, 11) is 0.190. The standard InChI is InChI=1S/C14H19FN2O3S/c1-16(2)13-7-17(14-9-20-8-12(13)14)21(18,19)11-5-3-4-10(15)6-11/h3-6,12-14H,7-9H2,1-2H3/t12-,13+,14-/m0/s1. The summed E-state index contributed by atoms with van der Waals surface area (Å²) in [6.07, 6.45) is 0. The van der Waals surface area contributed by atoms with E-state index in [2.05, 4.69) is 0 Å². The van der Waals surface area contributed by atoms with Gasteiger partial charge in [0.1, 0.15) is 5.82 Å². The van der Waals surface area contributed by atoms with Crippen LogP contribution in [0.5, 0.6) is 0 Å². The zero-order valence-corrected chi connectivity index (χ0v) is 12.9. The lowest BCUT2D eigenvalue weighted by atomic mass is 9.99. The lowest BCUT2D eigenvalue weighted by molar-refractivity contribution is 0.143. The van der Waals surface area contributed by atoms with Gasteiger partial charge in [0, 0.05) is 18.5 Å². The van der Waals surface area contributed by atoms with Crippen LogP contribution in [0.4, 0.5) is 4.39 Å². The van der Waals surface area contributed by atoms with Crippen molar-refractivity contribution in [2.24, 2.45) is 5.92 Å². The molecule has 0 spiro atoms. The number of sulfonamides is 1. The third-order valence-corrected chi connectivity index (χ3v) is 6.28. The highest BCUT2D eigenvalue weighted by Gasteiger charge is 2.50. The molecule has 2 fully saturated rings. The van der Waals surface area contributed by atoms with Crippen LogP contribution in [0.1, 0.15) is 0 Å². The molecule has 21 heavy (non-hydrogen) atoms. The summed E-state index contributed by atoms with van der Waals surface area (Å²) in [5.41, 5.74) is 0. The number of nitrogens with zero attached hydrogens (tertiary/aromatic N) is 2. The molecule has 2 aliphatic heterocycles. The molecule has 0 amide bonds. The van der Waals surface area contributed by atoms with Crippen molar-refractivity contribution in [3.8, 4) is 0 Å². The second kappa shape index (κ2) is 5.31. The Bertz CT molecular complexity index is 635. The van der Waals surface area contributed by atoms with Crippen molar-refractivity contribution in [3.05, 3.63) is 30.1 Å². The number of benzene rings is 1. The predicted octanol–water partition coefficient (Wildman–Crippen LogP) is 0.775. The predicted molar refractivity (Wildman–Crippen MR) is 75.9 cm³/mol. The Morgan fingerprint density at radius 3 is 2.76 bits per heavy atom. The van der Waals surface area contributed by atoms with Gasteiger partial charge in [0.05, 0.1) is 24.2 Å². The van der Waals surface area contributed by atoms with Crippen LogP contribution in [0.15, 0.2) is 29.2 Å². The van der Waals surface area contributed by atoms with E-state index in [4.69, 9.17) is 4.74 Å². The highest BCUT2D eigenvalue weighted by Crippen LogP contribution is 2.36. The maximum Gasteiger partial charge on any atom is 0.243 e. The Labute approximate surface area is 124 Å². The number of hydrogen-bond donors (Lipinski definition) is 0. The first-order valence-electron chi connectivity index (χ1n) is 6.93. The van der Waals surface area contributed by atoms with Crippen molar-refractivity contribution in [2.45, 2.75) is 17.0 Å². The molecule has 1 aromatic rings. The first-order valence-corrected chi connectivity index (χ1v) is 8.37. The van der Waals surface area contributed by atoms with Gasteiger partial charge >= 0.3 is 0 Å². The highest BCUT2D eigenvalue weighted by molar-refractivity contribution is 7.89. The Morgan fingerprint density at radius 2 is 2.10 bits per heavy atom. The Morgan fingerprint density at radius 1 is 1.33 bits per heavy atom. The number of likely N-dealkylation sites (N-methyl/N-ethyl adjacent to an activating group) is 1. The minimum Gasteiger partial charge on any atom is -0.379 e. The number of halogens is 1. The monoisotopic (exact) mass is 314 g/mol. The van der Waals surface area contributed by atoms with E-state index in [-0.39, 0.29) is 22.9 Å². The van der Waals surface area contributed by atoms with Crippen molar-refractivity contribution in [2.75, 3.05) is 33.9 Å². The van der Waals surface area contributed by atoms with E-state index in [1.165, 1.54) is 22.5 Å². The van der Waals surface area contributed by atoms with Gasteiger partial charge in [-0.25, -0.2) is 12.8 Å². The van der Waals surface area contributed by atoms with Crippen LogP contribution in [-0.2, 0) is 14.8 Å². The van der Waals surface area contributed by atoms with E-state index in [0.29, 0.717) is 19.8 Å². The topological polar surface area (TPSA) is 49.9 Å². The van der Waals surface area contributed by atoms with E-state index in [0.717, 1.165) is 6.07 Å². The molecule has 0 bridgehead atoms. The van der Waals surface area contributed by atoms with Crippen molar-refractivity contribution < 1.29 is 17.5 Å². The third kappa shape index (κ3) is 2.48. The lowest BCUT2D eigenvalue weighted by Gasteiger charge is -2.23. The highest BCUT2D eigenvalue weighted by atomic mass is 32.2. The van der Waals surface area contributed by atoms with Crippen LogP contribution in [-0.4, -0.2) is 63.6 Å². The molecular formula is C14H19FN2O3S. The minimum absolute atomic E-state index is 0.00700. The van der Waals surface area contributed by atoms with Crippen LogP contribution >= 0.6 is 0 Å². The molecular weight excluding hydrogens is 295 g/mol. The molecule has 0 radical (unpaired) electrons. The van der Waals surface area contributed by atoms with E-state index < -0.39 is 15.8 Å². The summed E-state index contributed by atoms with van der Waals surface area (Å²) >= 11 is 0.